The highest BCUT2D eigenvalue weighted by Crippen LogP contribution is 2.29. The minimum Gasteiger partial charge on any atom is -0.490 e. The average molecular weight is 325 g/mol. The number of hydrazone groups is 1. The molecular formula is C18H19N3O3. The van der Waals surface area contributed by atoms with Crippen LogP contribution in [-0.2, 0) is 7.05 Å². The number of ether oxygens (including phenoxy) is 1. The van der Waals surface area contributed by atoms with E-state index in [1.807, 2.05) is 31.2 Å². The molecule has 0 unspecified atom stereocenters. The highest BCUT2D eigenvalue weighted by Gasteiger charge is 2.12. The molecule has 1 amide bonds. The van der Waals surface area contributed by atoms with Crippen molar-refractivity contribution >= 4 is 22.6 Å². The van der Waals surface area contributed by atoms with E-state index in [4.69, 9.17) is 9.15 Å². The van der Waals surface area contributed by atoms with Gasteiger partial charge in [0.1, 0.15) is 11.4 Å². The molecule has 124 valence electrons. The predicted molar refractivity (Wildman–Crippen MR) is 92.5 cm³/mol. The molecule has 2 heterocycles. The number of hydrogen-bond acceptors (Lipinski definition) is 4. The summed E-state index contributed by atoms with van der Waals surface area (Å²) < 4.78 is 13.1. The Hall–Kier alpha value is -3.02. The van der Waals surface area contributed by atoms with Gasteiger partial charge in [-0.3, -0.25) is 4.79 Å². The molecule has 24 heavy (non-hydrogen) atoms. The largest absolute Gasteiger partial charge is 0.490 e. The van der Waals surface area contributed by atoms with Crippen molar-refractivity contribution in [3.8, 4) is 5.75 Å². The van der Waals surface area contributed by atoms with Crippen LogP contribution in [0.3, 0.4) is 0 Å². The van der Waals surface area contributed by atoms with Gasteiger partial charge in [-0.2, -0.15) is 5.10 Å². The van der Waals surface area contributed by atoms with E-state index in [1.54, 1.807) is 36.9 Å². The van der Waals surface area contributed by atoms with Gasteiger partial charge in [0.15, 0.2) is 17.1 Å². The molecule has 0 fully saturated rings. The Labute approximate surface area is 139 Å². The summed E-state index contributed by atoms with van der Waals surface area (Å²) >= 11 is 0. The number of carbonyl (C=O) groups is 1. The number of aryl methyl sites for hydroxylation is 1. The quantitative estimate of drug-likeness (QED) is 0.578. The Morgan fingerprint density at radius 2 is 2.17 bits per heavy atom. The third-order valence-corrected chi connectivity index (χ3v) is 3.67. The molecule has 3 rings (SSSR count). The van der Waals surface area contributed by atoms with E-state index in [9.17, 15) is 4.79 Å². The van der Waals surface area contributed by atoms with Crippen molar-refractivity contribution in [3.05, 3.63) is 54.0 Å². The second-order valence-corrected chi connectivity index (χ2v) is 5.36. The summed E-state index contributed by atoms with van der Waals surface area (Å²) in [7, 11) is 1.81. The second kappa shape index (κ2) is 6.62. The Bertz CT molecular complexity index is 905. The molecule has 0 radical (unpaired) electrons. The second-order valence-electron chi connectivity index (χ2n) is 5.36. The van der Waals surface area contributed by atoms with Crippen LogP contribution in [0.25, 0.3) is 11.0 Å². The fourth-order valence-electron chi connectivity index (χ4n) is 2.43. The molecule has 3 aromatic rings. The zero-order valence-electron chi connectivity index (χ0n) is 13.9. The molecule has 0 saturated heterocycles. The van der Waals surface area contributed by atoms with Gasteiger partial charge >= 0.3 is 0 Å². The Morgan fingerprint density at radius 3 is 2.88 bits per heavy atom. The zero-order valence-corrected chi connectivity index (χ0v) is 13.9. The number of amides is 1. The van der Waals surface area contributed by atoms with Crippen LogP contribution >= 0.6 is 0 Å². The third-order valence-electron chi connectivity index (χ3n) is 3.67. The van der Waals surface area contributed by atoms with Crippen LogP contribution in [0.4, 0.5) is 0 Å². The van der Waals surface area contributed by atoms with Crippen molar-refractivity contribution < 1.29 is 13.9 Å². The Kier molecular flexibility index (Phi) is 4.37. The van der Waals surface area contributed by atoms with Crippen LogP contribution in [0.15, 0.2) is 52.1 Å². The van der Waals surface area contributed by atoms with Crippen LogP contribution in [-0.4, -0.2) is 22.8 Å². The van der Waals surface area contributed by atoms with E-state index in [0.717, 1.165) is 5.39 Å². The lowest BCUT2D eigenvalue weighted by atomic mass is 10.2. The van der Waals surface area contributed by atoms with Gasteiger partial charge in [-0.15, -0.1) is 0 Å². The summed E-state index contributed by atoms with van der Waals surface area (Å²) in [6.45, 7) is 4.27. The number of nitrogens with one attached hydrogen (secondary N) is 1. The van der Waals surface area contributed by atoms with Crippen molar-refractivity contribution in [2.24, 2.45) is 12.1 Å². The number of fused-ring (bicyclic) bond motifs is 1. The molecule has 0 bridgehead atoms. The Morgan fingerprint density at radius 1 is 1.33 bits per heavy atom. The molecule has 0 saturated carbocycles. The van der Waals surface area contributed by atoms with Crippen LogP contribution in [0.5, 0.6) is 5.75 Å². The molecule has 1 aromatic carbocycles. The number of furan rings is 1. The van der Waals surface area contributed by atoms with E-state index in [1.165, 1.54) is 0 Å². The van der Waals surface area contributed by atoms with E-state index in [2.05, 4.69) is 10.5 Å². The monoisotopic (exact) mass is 325 g/mol. The highest BCUT2D eigenvalue weighted by atomic mass is 16.5. The average Bonchev–Trinajstić information content (AvgIpc) is 3.19. The number of carbonyl (C=O) groups excluding carboxylic acids is 1. The molecule has 0 aliphatic heterocycles. The van der Waals surface area contributed by atoms with E-state index >= 15 is 0 Å². The maximum absolute atomic E-state index is 12.1. The lowest BCUT2D eigenvalue weighted by Gasteiger charge is -2.03. The highest BCUT2D eigenvalue weighted by molar-refractivity contribution is 6.01. The first-order chi connectivity index (χ1) is 11.6. The van der Waals surface area contributed by atoms with Gasteiger partial charge in [0.2, 0.25) is 0 Å². The first-order valence-electron chi connectivity index (χ1n) is 7.72. The summed E-state index contributed by atoms with van der Waals surface area (Å²) in [6.07, 6.45) is 1.81. The smallest absolute Gasteiger partial charge is 0.287 e. The Balaban J connectivity index is 1.83. The van der Waals surface area contributed by atoms with Crippen molar-refractivity contribution in [1.82, 2.24) is 9.99 Å². The number of hydrogen-bond donors (Lipinski definition) is 1. The topological polar surface area (TPSA) is 68.8 Å². The van der Waals surface area contributed by atoms with Crippen molar-refractivity contribution in [2.75, 3.05) is 6.61 Å². The van der Waals surface area contributed by atoms with E-state index in [0.29, 0.717) is 35.1 Å². The number of para-hydroxylation sites is 1. The number of aromatic nitrogens is 1. The molecule has 0 atom stereocenters. The van der Waals surface area contributed by atoms with Crippen molar-refractivity contribution in [1.29, 1.82) is 0 Å². The standard InChI is InChI=1S/C18H19N3O3/c1-4-23-15-9-5-7-13-11-16(24-17(13)15)12(2)19-20-18(22)14-8-6-10-21(14)3/h5-11H,4H2,1-3H3,(H,20,22). The third kappa shape index (κ3) is 3.03. The molecule has 6 nitrogen and oxygen atoms in total. The SMILES string of the molecule is CCOc1cccc2cc(C(C)=NNC(=O)c3cccn3C)oc12. The summed E-state index contributed by atoms with van der Waals surface area (Å²) in [6, 6.07) is 11.1. The van der Waals surface area contributed by atoms with Gasteiger partial charge in [0.25, 0.3) is 5.91 Å². The molecule has 0 aliphatic carbocycles. The van der Waals surface area contributed by atoms with Crippen molar-refractivity contribution in [2.45, 2.75) is 13.8 Å². The number of rotatable bonds is 5. The van der Waals surface area contributed by atoms with E-state index in [-0.39, 0.29) is 5.91 Å². The predicted octanol–water partition coefficient (Wildman–Crippen LogP) is 3.32. The number of nitrogens with zero attached hydrogens (tertiary/aromatic N) is 2. The number of benzene rings is 1. The fraction of sp³-hybridized carbons (Fsp3) is 0.222. The molecule has 1 N–H and O–H groups in total. The van der Waals surface area contributed by atoms with Gasteiger partial charge in [0, 0.05) is 18.6 Å². The van der Waals surface area contributed by atoms with Crippen LogP contribution in [0, 0.1) is 0 Å². The van der Waals surface area contributed by atoms with Crippen molar-refractivity contribution in [3.63, 3.8) is 0 Å². The van der Waals surface area contributed by atoms with Gasteiger partial charge in [-0.05, 0) is 38.1 Å². The molecular weight excluding hydrogens is 306 g/mol. The molecule has 0 spiro atoms. The van der Waals surface area contributed by atoms with Gasteiger partial charge in [0.05, 0.1) is 6.61 Å². The lowest BCUT2D eigenvalue weighted by molar-refractivity contribution is 0.0946. The zero-order chi connectivity index (χ0) is 17.1. The fourth-order valence-corrected chi connectivity index (χ4v) is 2.43. The minimum absolute atomic E-state index is 0.270. The summed E-state index contributed by atoms with van der Waals surface area (Å²) in [5.41, 5.74) is 4.34. The minimum atomic E-state index is -0.270. The molecule has 6 heteroatoms. The lowest BCUT2D eigenvalue weighted by Crippen LogP contribution is -2.21. The van der Waals surface area contributed by atoms with Gasteiger partial charge < -0.3 is 13.7 Å². The van der Waals surface area contributed by atoms with Crippen LogP contribution in [0.1, 0.15) is 30.1 Å². The van der Waals surface area contributed by atoms with Gasteiger partial charge in [-0.25, -0.2) is 5.43 Å². The summed E-state index contributed by atoms with van der Waals surface area (Å²) in [5, 5.41) is 5.06. The first kappa shape index (κ1) is 15.9. The van der Waals surface area contributed by atoms with Gasteiger partial charge in [-0.1, -0.05) is 12.1 Å². The maximum Gasteiger partial charge on any atom is 0.287 e. The molecule has 2 aromatic heterocycles. The summed E-state index contributed by atoms with van der Waals surface area (Å²) in [4.78, 5) is 12.1. The first-order valence-corrected chi connectivity index (χ1v) is 7.72. The normalized spacial score (nSPS) is 11.7. The summed E-state index contributed by atoms with van der Waals surface area (Å²) in [5.74, 6) is 1.01. The van der Waals surface area contributed by atoms with E-state index < -0.39 is 0 Å². The van der Waals surface area contributed by atoms with Crippen LogP contribution < -0.4 is 10.2 Å². The maximum atomic E-state index is 12.1. The molecule has 0 aliphatic rings. The van der Waals surface area contributed by atoms with Crippen LogP contribution in [0.2, 0.25) is 0 Å².